The van der Waals surface area contributed by atoms with E-state index in [1.807, 2.05) is 20.8 Å². The van der Waals surface area contributed by atoms with E-state index >= 15 is 0 Å². The predicted molar refractivity (Wildman–Crippen MR) is 74.7 cm³/mol. The van der Waals surface area contributed by atoms with Crippen LogP contribution in [0.5, 0.6) is 0 Å². The standard InChI is InChI=1S/C14H18N4O2/c1-5-20-12(19)10(6-15)7-16-11-8-17-13(18-9-11)14(2,3)4/h7-9,16H,5H2,1-4H3/b10-7-. The van der Waals surface area contributed by atoms with E-state index < -0.39 is 5.97 Å². The number of esters is 1. The molecular weight excluding hydrogens is 256 g/mol. The molecule has 1 rings (SSSR count). The molecule has 0 spiro atoms. The molecule has 0 aromatic carbocycles. The quantitative estimate of drug-likeness (QED) is 0.514. The predicted octanol–water partition coefficient (Wildman–Crippen LogP) is 2.16. The van der Waals surface area contributed by atoms with Gasteiger partial charge in [-0.1, -0.05) is 20.8 Å². The minimum absolute atomic E-state index is 0.105. The zero-order chi connectivity index (χ0) is 15.2. The van der Waals surface area contributed by atoms with E-state index in [0.717, 1.165) is 5.82 Å². The highest BCUT2D eigenvalue weighted by Gasteiger charge is 2.16. The molecule has 0 amide bonds. The van der Waals surface area contributed by atoms with Gasteiger partial charge in [-0.2, -0.15) is 5.26 Å². The van der Waals surface area contributed by atoms with Crippen LogP contribution in [0.1, 0.15) is 33.5 Å². The SMILES string of the molecule is CCOC(=O)/C(C#N)=C\Nc1cnc(C(C)(C)C)nc1. The van der Waals surface area contributed by atoms with E-state index in [-0.39, 0.29) is 17.6 Å². The molecular formula is C14H18N4O2. The van der Waals surface area contributed by atoms with Crippen molar-refractivity contribution < 1.29 is 9.53 Å². The van der Waals surface area contributed by atoms with Gasteiger partial charge < -0.3 is 10.1 Å². The van der Waals surface area contributed by atoms with Gasteiger partial charge >= 0.3 is 5.97 Å². The molecule has 20 heavy (non-hydrogen) atoms. The highest BCUT2D eigenvalue weighted by Crippen LogP contribution is 2.18. The molecule has 1 aromatic heterocycles. The number of carbonyl (C=O) groups is 1. The number of nitrogens with one attached hydrogen (secondary N) is 1. The lowest BCUT2D eigenvalue weighted by atomic mass is 9.96. The Hall–Kier alpha value is -2.42. The Morgan fingerprint density at radius 1 is 1.45 bits per heavy atom. The highest BCUT2D eigenvalue weighted by atomic mass is 16.5. The van der Waals surface area contributed by atoms with Gasteiger partial charge in [0.2, 0.25) is 0 Å². The summed E-state index contributed by atoms with van der Waals surface area (Å²) in [6, 6.07) is 1.78. The Morgan fingerprint density at radius 2 is 2.05 bits per heavy atom. The summed E-state index contributed by atoms with van der Waals surface area (Å²) >= 11 is 0. The summed E-state index contributed by atoms with van der Waals surface area (Å²) in [7, 11) is 0. The Labute approximate surface area is 118 Å². The third-order valence-electron chi connectivity index (χ3n) is 2.32. The first kappa shape index (κ1) is 15.6. The monoisotopic (exact) mass is 274 g/mol. The summed E-state index contributed by atoms with van der Waals surface area (Å²) in [5.74, 6) is 0.0626. The Balaban J connectivity index is 2.79. The number of anilines is 1. The second-order valence-electron chi connectivity index (χ2n) is 5.08. The number of rotatable bonds is 4. The van der Waals surface area contributed by atoms with Gasteiger partial charge in [-0.25, -0.2) is 14.8 Å². The maximum absolute atomic E-state index is 11.4. The van der Waals surface area contributed by atoms with Crippen LogP contribution in [-0.2, 0) is 14.9 Å². The number of nitriles is 1. The molecule has 0 saturated carbocycles. The maximum Gasteiger partial charge on any atom is 0.350 e. The molecule has 1 N–H and O–H groups in total. The van der Waals surface area contributed by atoms with Crippen molar-refractivity contribution in [2.24, 2.45) is 0 Å². The lowest BCUT2D eigenvalue weighted by Gasteiger charge is -2.15. The van der Waals surface area contributed by atoms with E-state index in [1.54, 1.807) is 25.4 Å². The van der Waals surface area contributed by atoms with Gasteiger partial charge in [-0.15, -0.1) is 0 Å². The summed E-state index contributed by atoms with van der Waals surface area (Å²) in [4.78, 5) is 19.9. The molecule has 0 fully saturated rings. The molecule has 0 unspecified atom stereocenters. The molecule has 0 atom stereocenters. The van der Waals surface area contributed by atoms with Crippen LogP contribution in [0.2, 0.25) is 0 Å². The molecule has 6 heteroatoms. The van der Waals surface area contributed by atoms with Crippen molar-refractivity contribution in [3.8, 4) is 6.07 Å². The number of ether oxygens (including phenoxy) is 1. The van der Waals surface area contributed by atoms with Gasteiger partial charge in [0.25, 0.3) is 0 Å². The zero-order valence-corrected chi connectivity index (χ0v) is 12.1. The lowest BCUT2D eigenvalue weighted by Crippen LogP contribution is -2.15. The van der Waals surface area contributed by atoms with E-state index in [4.69, 9.17) is 10.00 Å². The van der Waals surface area contributed by atoms with Crippen LogP contribution >= 0.6 is 0 Å². The van der Waals surface area contributed by atoms with Crippen LogP contribution in [0.15, 0.2) is 24.2 Å². The molecule has 1 heterocycles. The largest absolute Gasteiger partial charge is 0.462 e. The molecule has 0 saturated heterocycles. The van der Waals surface area contributed by atoms with Crippen LogP contribution in [0, 0.1) is 11.3 Å². The Bertz CT molecular complexity index is 536. The molecule has 1 aromatic rings. The van der Waals surface area contributed by atoms with E-state index in [1.165, 1.54) is 6.20 Å². The molecule has 0 aliphatic rings. The number of nitrogens with zero attached hydrogens (tertiary/aromatic N) is 3. The van der Waals surface area contributed by atoms with Crippen molar-refractivity contribution in [3.63, 3.8) is 0 Å². The van der Waals surface area contributed by atoms with E-state index in [0.29, 0.717) is 5.69 Å². The van der Waals surface area contributed by atoms with Gasteiger partial charge in [0, 0.05) is 11.6 Å². The minimum Gasteiger partial charge on any atom is -0.462 e. The smallest absolute Gasteiger partial charge is 0.350 e. The summed E-state index contributed by atoms with van der Waals surface area (Å²) in [5, 5.41) is 11.7. The maximum atomic E-state index is 11.4. The average molecular weight is 274 g/mol. The number of carbonyl (C=O) groups excluding carboxylic acids is 1. The van der Waals surface area contributed by atoms with Gasteiger partial charge in [-0.05, 0) is 6.92 Å². The average Bonchev–Trinajstić information content (AvgIpc) is 2.39. The third-order valence-corrected chi connectivity index (χ3v) is 2.32. The molecule has 0 radical (unpaired) electrons. The zero-order valence-electron chi connectivity index (χ0n) is 12.1. The topological polar surface area (TPSA) is 87.9 Å². The van der Waals surface area contributed by atoms with Crippen molar-refractivity contribution in [2.45, 2.75) is 33.1 Å². The molecule has 106 valence electrons. The van der Waals surface area contributed by atoms with Gasteiger partial charge in [0.15, 0.2) is 5.57 Å². The first-order chi connectivity index (χ1) is 9.38. The second-order valence-corrected chi connectivity index (χ2v) is 5.08. The Kier molecular flexibility index (Phi) is 5.21. The first-order valence-electron chi connectivity index (χ1n) is 6.25. The highest BCUT2D eigenvalue weighted by molar-refractivity contribution is 5.93. The molecule has 6 nitrogen and oxygen atoms in total. The van der Waals surface area contributed by atoms with E-state index in [2.05, 4.69) is 15.3 Å². The van der Waals surface area contributed by atoms with Gasteiger partial charge in [0.1, 0.15) is 11.9 Å². The molecule has 0 aliphatic heterocycles. The third kappa shape index (κ3) is 4.35. The first-order valence-corrected chi connectivity index (χ1v) is 6.25. The van der Waals surface area contributed by atoms with Crippen LogP contribution < -0.4 is 5.32 Å². The molecule has 0 aliphatic carbocycles. The number of hydrogen-bond donors (Lipinski definition) is 1. The van der Waals surface area contributed by atoms with Gasteiger partial charge in [-0.3, -0.25) is 0 Å². The van der Waals surface area contributed by atoms with Crippen LogP contribution in [0.4, 0.5) is 5.69 Å². The number of hydrogen-bond acceptors (Lipinski definition) is 6. The second kappa shape index (κ2) is 6.66. The summed E-state index contributed by atoms with van der Waals surface area (Å²) in [6.07, 6.45) is 4.49. The summed E-state index contributed by atoms with van der Waals surface area (Å²) < 4.78 is 4.75. The van der Waals surface area contributed by atoms with Gasteiger partial charge in [0.05, 0.1) is 24.7 Å². The van der Waals surface area contributed by atoms with E-state index in [9.17, 15) is 4.79 Å². The Morgan fingerprint density at radius 3 is 2.50 bits per heavy atom. The van der Waals surface area contributed by atoms with Crippen molar-refractivity contribution in [1.29, 1.82) is 5.26 Å². The minimum atomic E-state index is -0.658. The van der Waals surface area contributed by atoms with Crippen LogP contribution in [-0.4, -0.2) is 22.5 Å². The van der Waals surface area contributed by atoms with Crippen molar-refractivity contribution in [2.75, 3.05) is 11.9 Å². The fourth-order valence-electron chi connectivity index (χ4n) is 1.29. The number of aromatic nitrogens is 2. The van der Waals surface area contributed by atoms with Crippen molar-refractivity contribution in [3.05, 3.63) is 30.0 Å². The van der Waals surface area contributed by atoms with Crippen molar-refractivity contribution >= 4 is 11.7 Å². The summed E-state index contributed by atoms with van der Waals surface area (Å²) in [5.41, 5.74) is 0.360. The van der Waals surface area contributed by atoms with Crippen LogP contribution in [0.3, 0.4) is 0 Å². The lowest BCUT2D eigenvalue weighted by molar-refractivity contribution is -0.138. The fraction of sp³-hybridized carbons (Fsp3) is 0.429. The summed E-state index contributed by atoms with van der Waals surface area (Å²) in [6.45, 7) is 7.96. The fourth-order valence-corrected chi connectivity index (χ4v) is 1.29. The normalized spacial score (nSPS) is 11.7. The van der Waals surface area contributed by atoms with Crippen molar-refractivity contribution in [1.82, 2.24) is 9.97 Å². The molecule has 0 bridgehead atoms. The van der Waals surface area contributed by atoms with Crippen LogP contribution in [0.25, 0.3) is 0 Å².